The van der Waals surface area contributed by atoms with Gasteiger partial charge in [0.15, 0.2) is 0 Å². The molecule has 0 saturated carbocycles. The molecule has 18 heavy (non-hydrogen) atoms. The Morgan fingerprint density at radius 3 is 2.50 bits per heavy atom. The lowest BCUT2D eigenvalue weighted by molar-refractivity contribution is -0.121. The molecule has 1 amide bonds. The molecule has 1 aromatic rings. The molecule has 0 saturated heterocycles. The largest absolute Gasteiger partial charge is 0.350 e. The summed E-state index contributed by atoms with van der Waals surface area (Å²) in [5.41, 5.74) is 2.24. The molecule has 0 aliphatic heterocycles. The van der Waals surface area contributed by atoms with Crippen molar-refractivity contribution in [1.82, 2.24) is 5.32 Å². The number of nitrogens with one attached hydrogen (secondary N) is 1. The van der Waals surface area contributed by atoms with Crippen LogP contribution in [0.1, 0.15) is 37.8 Å². The first-order valence-electron chi connectivity index (χ1n) is 6.16. The minimum atomic E-state index is -0.279. The monoisotopic (exact) mass is 244 g/mol. The molecule has 0 spiro atoms. The maximum absolute atomic E-state index is 11.4. The zero-order chi connectivity index (χ0) is 13.6. The Hall–Kier alpha value is -1.82. The second kappa shape index (κ2) is 6.20. The number of aryl methyl sites for hydroxylation is 2. The third-order valence-electron chi connectivity index (χ3n) is 2.88. The minimum Gasteiger partial charge on any atom is -0.350 e. The highest BCUT2D eigenvalue weighted by Crippen LogP contribution is 2.14. The van der Waals surface area contributed by atoms with Gasteiger partial charge in [-0.15, -0.1) is 0 Å². The summed E-state index contributed by atoms with van der Waals surface area (Å²) in [6.07, 6.45) is 1.70. The summed E-state index contributed by atoms with van der Waals surface area (Å²) >= 11 is 0. The summed E-state index contributed by atoms with van der Waals surface area (Å²) in [4.78, 5) is 11.4. The van der Waals surface area contributed by atoms with Crippen LogP contribution in [-0.2, 0) is 11.2 Å². The quantitative estimate of drug-likeness (QED) is 0.865. The van der Waals surface area contributed by atoms with Crippen molar-refractivity contribution in [2.45, 2.75) is 45.6 Å². The van der Waals surface area contributed by atoms with Gasteiger partial charge in [-0.05, 0) is 39.2 Å². The molecular weight excluding hydrogens is 224 g/mol. The van der Waals surface area contributed by atoms with Crippen LogP contribution in [0.25, 0.3) is 0 Å². The minimum absolute atomic E-state index is 0.0754. The molecular formula is C15H20N2O. The van der Waals surface area contributed by atoms with Gasteiger partial charge in [-0.2, -0.15) is 5.26 Å². The number of carbonyl (C=O) groups is 1. The molecule has 1 N–H and O–H groups in total. The van der Waals surface area contributed by atoms with Gasteiger partial charge in [-0.25, -0.2) is 0 Å². The summed E-state index contributed by atoms with van der Waals surface area (Å²) < 4.78 is 0. The van der Waals surface area contributed by atoms with E-state index < -0.39 is 0 Å². The van der Waals surface area contributed by atoms with Crippen molar-refractivity contribution >= 4 is 5.91 Å². The SMILES string of the molecule is Cc1ccc(CCC(C)(C)NC(=O)CC#N)cc1. The Morgan fingerprint density at radius 1 is 1.33 bits per heavy atom. The molecule has 0 fully saturated rings. The molecule has 0 aliphatic rings. The molecule has 3 nitrogen and oxygen atoms in total. The molecule has 0 aliphatic carbocycles. The van der Waals surface area contributed by atoms with Gasteiger partial charge in [0.25, 0.3) is 0 Å². The van der Waals surface area contributed by atoms with Crippen molar-refractivity contribution in [2.75, 3.05) is 0 Å². The molecule has 1 rings (SSSR count). The number of amides is 1. The maximum atomic E-state index is 11.4. The van der Waals surface area contributed by atoms with Crippen LogP contribution >= 0.6 is 0 Å². The third kappa shape index (κ3) is 5.01. The second-order valence-electron chi connectivity index (χ2n) is 5.25. The molecule has 0 unspecified atom stereocenters. The van der Waals surface area contributed by atoms with E-state index in [4.69, 9.17) is 5.26 Å². The van der Waals surface area contributed by atoms with Crippen LogP contribution in [0.4, 0.5) is 0 Å². The summed E-state index contributed by atoms with van der Waals surface area (Å²) in [5.74, 6) is -0.202. The van der Waals surface area contributed by atoms with Gasteiger partial charge >= 0.3 is 0 Å². The van der Waals surface area contributed by atoms with Crippen LogP contribution in [0.5, 0.6) is 0 Å². The Bertz CT molecular complexity index is 441. The van der Waals surface area contributed by atoms with Crippen molar-refractivity contribution in [3.63, 3.8) is 0 Å². The predicted octanol–water partition coefficient (Wildman–Crippen LogP) is 2.74. The van der Waals surface area contributed by atoms with Crippen molar-refractivity contribution in [3.05, 3.63) is 35.4 Å². The van der Waals surface area contributed by atoms with Gasteiger partial charge in [0, 0.05) is 5.54 Å². The lowest BCUT2D eigenvalue weighted by Gasteiger charge is -2.26. The Labute approximate surface area is 109 Å². The maximum Gasteiger partial charge on any atom is 0.234 e. The number of nitriles is 1. The summed E-state index contributed by atoms with van der Waals surface area (Å²) in [6.45, 7) is 6.03. The fourth-order valence-electron chi connectivity index (χ4n) is 1.77. The van der Waals surface area contributed by atoms with E-state index in [9.17, 15) is 4.79 Å². The number of hydrogen-bond donors (Lipinski definition) is 1. The zero-order valence-electron chi connectivity index (χ0n) is 11.3. The van der Waals surface area contributed by atoms with E-state index in [0.29, 0.717) is 0 Å². The third-order valence-corrected chi connectivity index (χ3v) is 2.88. The van der Waals surface area contributed by atoms with E-state index in [1.165, 1.54) is 11.1 Å². The topological polar surface area (TPSA) is 52.9 Å². The molecule has 0 radical (unpaired) electrons. The first-order chi connectivity index (χ1) is 8.43. The van der Waals surface area contributed by atoms with Crippen LogP contribution in [0.2, 0.25) is 0 Å². The van der Waals surface area contributed by atoms with Crippen LogP contribution in [0.15, 0.2) is 24.3 Å². The van der Waals surface area contributed by atoms with Crippen molar-refractivity contribution in [3.8, 4) is 6.07 Å². The Kier molecular flexibility index (Phi) is 4.91. The van der Waals surface area contributed by atoms with Gasteiger partial charge in [0.1, 0.15) is 6.42 Å². The molecule has 3 heteroatoms. The average molecular weight is 244 g/mol. The molecule has 0 atom stereocenters. The highest BCUT2D eigenvalue weighted by atomic mass is 16.1. The number of rotatable bonds is 5. The first-order valence-corrected chi connectivity index (χ1v) is 6.16. The highest BCUT2D eigenvalue weighted by Gasteiger charge is 2.19. The normalized spacial score (nSPS) is 10.8. The van der Waals surface area contributed by atoms with Crippen molar-refractivity contribution < 1.29 is 4.79 Å². The van der Waals surface area contributed by atoms with Gasteiger partial charge in [0.2, 0.25) is 5.91 Å². The van der Waals surface area contributed by atoms with Gasteiger partial charge < -0.3 is 5.32 Å². The number of hydrogen-bond acceptors (Lipinski definition) is 2. The number of nitrogens with zero attached hydrogens (tertiary/aromatic N) is 1. The average Bonchev–Trinajstić information content (AvgIpc) is 2.28. The van der Waals surface area contributed by atoms with Crippen LogP contribution < -0.4 is 5.32 Å². The van der Waals surface area contributed by atoms with Crippen LogP contribution in [-0.4, -0.2) is 11.4 Å². The van der Waals surface area contributed by atoms with Gasteiger partial charge in [0.05, 0.1) is 6.07 Å². The molecule has 96 valence electrons. The Balaban J connectivity index is 2.48. The first kappa shape index (κ1) is 14.2. The van der Waals surface area contributed by atoms with Crippen LogP contribution in [0, 0.1) is 18.3 Å². The standard InChI is InChI=1S/C15H20N2O/c1-12-4-6-13(7-5-12)8-10-15(2,3)17-14(18)9-11-16/h4-7H,8-10H2,1-3H3,(H,17,18). The number of carbonyl (C=O) groups excluding carboxylic acids is 1. The van der Waals surface area contributed by atoms with Gasteiger partial charge in [-0.1, -0.05) is 29.8 Å². The van der Waals surface area contributed by atoms with Crippen molar-refractivity contribution in [1.29, 1.82) is 5.26 Å². The Morgan fingerprint density at radius 2 is 1.94 bits per heavy atom. The summed E-state index contributed by atoms with van der Waals surface area (Å²) in [5, 5.41) is 11.3. The highest BCUT2D eigenvalue weighted by molar-refractivity contribution is 5.78. The predicted molar refractivity (Wildman–Crippen MR) is 72.0 cm³/mol. The van der Waals surface area contributed by atoms with E-state index in [0.717, 1.165) is 12.8 Å². The van der Waals surface area contributed by atoms with Gasteiger partial charge in [-0.3, -0.25) is 4.79 Å². The summed E-state index contributed by atoms with van der Waals surface area (Å²) in [6, 6.07) is 10.3. The van der Waals surface area contributed by atoms with E-state index in [1.807, 2.05) is 19.9 Å². The van der Waals surface area contributed by atoms with Crippen molar-refractivity contribution in [2.24, 2.45) is 0 Å². The van der Waals surface area contributed by atoms with Crippen LogP contribution in [0.3, 0.4) is 0 Å². The lowest BCUT2D eigenvalue weighted by atomic mass is 9.95. The number of benzene rings is 1. The van der Waals surface area contributed by atoms with E-state index in [1.54, 1.807) is 0 Å². The lowest BCUT2D eigenvalue weighted by Crippen LogP contribution is -2.43. The van der Waals surface area contributed by atoms with E-state index >= 15 is 0 Å². The summed E-state index contributed by atoms with van der Waals surface area (Å²) in [7, 11) is 0. The zero-order valence-corrected chi connectivity index (χ0v) is 11.3. The second-order valence-corrected chi connectivity index (χ2v) is 5.25. The molecule has 0 bridgehead atoms. The van der Waals surface area contributed by atoms with E-state index in [-0.39, 0.29) is 17.9 Å². The fraction of sp³-hybridized carbons (Fsp3) is 0.467. The molecule has 0 aromatic heterocycles. The smallest absolute Gasteiger partial charge is 0.234 e. The fourth-order valence-corrected chi connectivity index (χ4v) is 1.77. The molecule has 0 heterocycles. The molecule has 1 aromatic carbocycles. The van der Waals surface area contributed by atoms with E-state index in [2.05, 4.69) is 36.5 Å².